The summed E-state index contributed by atoms with van der Waals surface area (Å²) in [7, 11) is 1.08. The van der Waals surface area contributed by atoms with Gasteiger partial charge in [0.15, 0.2) is 12.6 Å². The van der Waals surface area contributed by atoms with Gasteiger partial charge >= 0.3 is 0 Å². The topological polar surface area (TPSA) is 100 Å². The maximum Gasteiger partial charge on any atom is 0.282 e. The molecule has 0 saturated carbocycles. The predicted octanol–water partition coefficient (Wildman–Crippen LogP) is -0.307. The van der Waals surface area contributed by atoms with E-state index in [0.29, 0.717) is 5.69 Å². The summed E-state index contributed by atoms with van der Waals surface area (Å²) in [6.07, 6.45) is 0. The molecule has 0 spiro atoms. The largest absolute Gasteiger partial charge is 0.347 e. The maximum atomic E-state index is 12.5. The number of sulfonamides is 1. The van der Waals surface area contributed by atoms with Gasteiger partial charge in [0.1, 0.15) is 0 Å². The van der Waals surface area contributed by atoms with Crippen LogP contribution in [0, 0.1) is 0 Å². The van der Waals surface area contributed by atoms with Crippen LogP contribution >= 0.6 is 0 Å². The molecule has 9 heteroatoms. The molecule has 0 bridgehead atoms. The molecular weight excluding hydrogens is 368 g/mol. The molecule has 2 atom stereocenters. The number of benzene rings is 1. The highest BCUT2D eigenvalue weighted by molar-refractivity contribution is 7.89. The third-order valence-electron chi connectivity index (χ3n) is 3.97. The van der Waals surface area contributed by atoms with Crippen LogP contribution in [0.1, 0.15) is 27.7 Å². The van der Waals surface area contributed by atoms with Gasteiger partial charge in [-0.25, -0.2) is 12.7 Å². The van der Waals surface area contributed by atoms with Gasteiger partial charge in [-0.3, -0.25) is 9.59 Å². The van der Waals surface area contributed by atoms with Crippen LogP contribution in [0.25, 0.3) is 0 Å². The second-order valence-electron chi connectivity index (χ2n) is 7.85. The Bertz CT molecular complexity index is 785. The minimum atomic E-state index is -3.58. The summed E-state index contributed by atoms with van der Waals surface area (Å²) in [5.41, 5.74) is 0.0584. The molecule has 0 heterocycles. The number of carbonyl (C=O) groups excluding carboxylic acids is 2. The van der Waals surface area contributed by atoms with Crippen LogP contribution in [0.3, 0.4) is 0 Å². The van der Waals surface area contributed by atoms with Crippen LogP contribution in [0.2, 0.25) is 0 Å². The van der Waals surface area contributed by atoms with Crippen molar-refractivity contribution in [2.45, 2.75) is 44.2 Å². The molecule has 0 aliphatic carbocycles. The Morgan fingerprint density at radius 1 is 1.22 bits per heavy atom. The van der Waals surface area contributed by atoms with E-state index in [4.69, 9.17) is 0 Å². The first kappa shape index (κ1) is 23.1. The number of anilines is 1. The van der Waals surface area contributed by atoms with Gasteiger partial charge in [0.2, 0.25) is 10.0 Å². The fourth-order valence-corrected chi connectivity index (χ4v) is 3.24. The average Bonchev–Trinajstić information content (AvgIpc) is 2.52. The van der Waals surface area contributed by atoms with Crippen molar-refractivity contribution in [3.63, 3.8) is 0 Å². The highest BCUT2D eigenvalue weighted by Crippen LogP contribution is 2.18. The molecule has 1 rings (SSSR count). The fraction of sp³-hybridized carbons (Fsp3) is 0.556. The summed E-state index contributed by atoms with van der Waals surface area (Å²) in [4.78, 5) is 25.4. The van der Waals surface area contributed by atoms with Gasteiger partial charge in [0.25, 0.3) is 11.8 Å². The SMILES string of the molecule is C[C@H](C(=O)Nc1cccc(S(=O)(=O)N(C)C)c1)[NH+](C)CC(=O)NC(C)(C)C. The summed E-state index contributed by atoms with van der Waals surface area (Å²) in [5, 5.41) is 5.59. The Morgan fingerprint density at radius 2 is 1.81 bits per heavy atom. The van der Waals surface area contributed by atoms with E-state index in [1.807, 2.05) is 20.8 Å². The van der Waals surface area contributed by atoms with Gasteiger partial charge in [0.05, 0.1) is 11.9 Å². The first-order chi connectivity index (χ1) is 12.2. The minimum absolute atomic E-state index is 0.100. The van der Waals surface area contributed by atoms with E-state index in [0.717, 1.165) is 9.21 Å². The molecule has 0 aromatic heterocycles. The lowest BCUT2D eigenvalue weighted by Crippen LogP contribution is -3.15. The Kier molecular flexibility index (Phi) is 7.53. The predicted molar refractivity (Wildman–Crippen MR) is 105 cm³/mol. The van der Waals surface area contributed by atoms with Crippen molar-refractivity contribution in [2.75, 3.05) is 33.0 Å². The highest BCUT2D eigenvalue weighted by atomic mass is 32.2. The lowest BCUT2D eigenvalue weighted by atomic mass is 10.1. The second-order valence-corrected chi connectivity index (χ2v) is 10.00. The molecular formula is C18H31N4O4S+. The smallest absolute Gasteiger partial charge is 0.282 e. The molecule has 152 valence electrons. The molecule has 1 aromatic carbocycles. The van der Waals surface area contributed by atoms with Crippen molar-refractivity contribution < 1.29 is 22.9 Å². The Hall–Kier alpha value is -1.97. The molecule has 0 aliphatic heterocycles. The number of quaternary nitrogens is 1. The molecule has 1 unspecified atom stereocenters. The standard InChI is InChI=1S/C18H30N4O4S/c1-13(22(7)12-16(23)20-18(2,3)4)17(24)19-14-9-8-10-15(11-14)27(25,26)21(5)6/h8-11,13H,12H2,1-7H3,(H,19,24)(H,20,23)/p+1/t13-/m1/s1. The lowest BCUT2D eigenvalue weighted by molar-refractivity contribution is -0.885. The number of nitrogens with zero attached hydrogens (tertiary/aromatic N) is 1. The van der Waals surface area contributed by atoms with E-state index < -0.39 is 16.1 Å². The third-order valence-corrected chi connectivity index (χ3v) is 5.78. The number of hydrogen-bond acceptors (Lipinski definition) is 4. The van der Waals surface area contributed by atoms with Crippen molar-refractivity contribution in [2.24, 2.45) is 0 Å². The maximum absolute atomic E-state index is 12.5. The number of carbonyl (C=O) groups is 2. The molecule has 27 heavy (non-hydrogen) atoms. The summed E-state index contributed by atoms with van der Waals surface area (Å²) >= 11 is 0. The van der Waals surface area contributed by atoms with Crippen molar-refractivity contribution >= 4 is 27.5 Å². The third kappa shape index (κ3) is 6.93. The van der Waals surface area contributed by atoms with Crippen LogP contribution in [0.4, 0.5) is 5.69 Å². The average molecular weight is 400 g/mol. The summed E-state index contributed by atoms with van der Waals surface area (Å²) in [5.74, 6) is -0.436. The number of amides is 2. The van der Waals surface area contributed by atoms with Gasteiger partial charge in [-0.1, -0.05) is 6.07 Å². The summed E-state index contributed by atoms with van der Waals surface area (Å²) in [6.45, 7) is 7.55. The summed E-state index contributed by atoms with van der Waals surface area (Å²) < 4.78 is 25.5. The quantitative estimate of drug-likeness (QED) is 0.586. The normalized spacial score (nSPS) is 14.5. The van der Waals surface area contributed by atoms with Gasteiger partial charge in [-0.2, -0.15) is 0 Å². The second kappa shape index (κ2) is 8.81. The van der Waals surface area contributed by atoms with Crippen LogP contribution in [0.15, 0.2) is 29.2 Å². The van der Waals surface area contributed by atoms with Crippen LogP contribution < -0.4 is 15.5 Å². The first-order valence-corrected chi connectivity index (χ1v) is 10.1. The zero-order valence-corrected chi connectivity index (χ0v) is 17.9. The van der Waals surface area contributed by atoms with E-state index in [-0.39, 0.29) is 28.8 Å². The summed E-state index contributed by atoms with van der Waals surface area (Å²) in [6, 6.07) is 5.60. The molecule has 1 aromatic rings. The molecule has 0 radical (unpaired) electrons. The number of hydrogen-bond donors (Lipinski definition) is 3. The zero-order chi connectivity index (χ0) is 21.0. The number of nitrogens with one attached hydrogen (secondary N) is 3. The first-order valence-electron chi connectivity index (χ1n) is 8.71. The van der Waals surface area contributed by atoms with Crippen molar-refractivity contribution in [3.05, 3.63) is 24.3 Å². The molecule has 0 fully saturated rings. The van der Waals surface area contributed by atoms with Gasteiger partial charge < -0.3 is 15.5 Å². The fourth-order valence-electron chi connectivity index (χ4n) is 2.29. The lowest BCUT2D eigenvalue weighted by Gasteiger charge is -2.24. The van der Waals surface area contributed by atoms with Gasteiger partial charge in [0, 0.05) is 25.3 Å². The van der Waals surface area contributed by atoms with Crippen molar-refractivity contribution in [1.29, 1.82) is 0 Å². The molecule has 8 nitrogen and oxygen atoms in total. The van der Waals surface area contributed by atoms with Crippen LogP contribution in [0.5, 0.6) is 0 Å². The van der Waals surface area contributed by atoms with E-state index in [1.54, 1.807) is 26.1 Å². The van der Waals surface area contributed by atoms with Crippen molar-refractivity contribution in [3.8, 4) is 0 Å². The van der Waals surface area contributed by atoms with Crippen LogP contribution in [-0.4, -0.2) is 63.8 Å². The van der Waals surface area contributed by atoms with Gasteiger partial charge in [-0.05, 0) is 45.9 Å². The minimum Gasteiger partial charge on any atom is -0.347 e. The van der Waals surface area contributed by atoms with E-state index >= 15 is 0 Å². The monoisotopic (exact) mass is 399 g/mol. The Morgan fingerprint density at radius 3 is 2.33 bits per heavy atom. The Balaban J connectivity index is 2.80. The molecule has 0 aliphatic rings. The zero-order valence-electron chi connectivity index (χ0n) is 17.1. The Labute approximate surface area is 162 Å². The highest BCUT2D eigenvalue weighted by Gasteiger charge is 2.26. The van der Waals surface area contributed by atoms with E-state index in [2.05, 4.69) is 10.6 Å². The molecule has 2 amide bonds. The number of likely N-dealkylation sites (N-methyl/N-ethyl adjacent to an activating group) is 1. The number of rotatable bonds is 7. The van der Waals surface area contributed by atoms with E-state index in [1.165, 1.54) is 26.2 Å². The molecule has 3 N–H and O–H groups in total. The van der Waals surface area contributed by atoms with Gasteiger partial charge in [-0.15, -0.1) is 0 Å². The molecule has 0 saturated heterocycles. The van der Waals surface area contributed by atoms with E-state index in [9.17, 15) is 18.0 Å². The van der Waals surface area contributed by atoms with Crippen LogP contribution in [-0.2, 0) is 19.6 Å². The van der Waals surface area contributed by atoms with Crippen molar-refractivity contribution in [1.82, 2.24) is 9.62 Å².